The quantitative estimate of drug-likeness (QED) is 0.724. The fourth-order valence-corrected chi connectivity index (χ4v) is 3.22. The van der Waals surface area contributed by atoms with E-state index >= 15 is 0 Å². The summed E-state index contributed by atoms with van der Waals surface area (Å²) in [6.45, 7) is 10.1. The standard InChI is InChI=1S/C22H30O4/c1-14(2)7-6-10-22(5)19(23)13-17-12-18(21(24)25)11-16(20(17)26-22)9-8-15(3)4/h7-8,11-12,19,23H,6,9-10,13H2,1-5H3,(H,24,25)/t19-,22-/m0/s1. The van der Waals surface area contributed by atoms with E-state index in [1.165, 1.54) is 11.1 Å². The Morgan fingerprint density at radius 1 is 1.23 bits per heavy atom. The van der Waals surface area contributed by atoms with Crippen LogP contribution in [0.4, 0.5) is 0 Å². The first-order chi connectivity index (χ1) is 12.1. The second-order valence-electron chi connectivity index (χ2n) is 7.87. The molecular weight excluding hydrogens is 328 g/mol. The number of benzene rings is 1. The maximum absolute atomic E-state index is 11.5. The average Bonchev–Trinajstić information content (AvgIpc) is 2.53. The lowest BCUT2D eigenvalue weighted by atomic mass is 9.84. The van der Waals surface area contributed by atoms with Gasteiger partial charge in [0, 0.05) is 6.42 Å². The molecule has 0 bridgehead atoms. The van der Waals surface area contributed by atoms with Gasteiger partial charge in [0.1, 0.15) is 11.4 Å². The summed E-state index contributed by atoms with van der Waals surface area (Å²) in [7, 11) is 0. The average molecular weight is 358 g/mol. The number of carbonyl (C=O) groups is 1. The first-order valence-electron chi connectivity index (χ1n) is 9.15. The van der Waals surface area contributed by atoms with E-state index < -0.39 is 17.7 Å². The molecule has 4 heteroatoms. The highest BCUT2D eigenvalue weighted by Crippen LogP contribution is 2.39. The summed E-state index contributed by atoms with van der Waals surface area (Å²) >= 11 is 0. The van der Waals surface area contributed by atoms with E-state index in [0.29, 0.717) is 19.3 Å². The molecule has 0 unspecified atom stereocenters. The van der Waals surface area contributed by atoms with Crippen molar-refractivity contribution < 1.29 is 19.7 Å². The van der Waals surface area contributed by atoms with Crippen LogP contribution in [0.15, 0.2) is 35.4 Å². The fraction of sp³-hybridized carbons (Fsp3) is 0.500. The van der Waals surface area contributed by atoms with E-state index in [1.54, 1.807) is 12.1 Å². The highest BCUT2D eigenvalue weighted by molar-refractivity contribution is 5.88. The summed E-state index contributed by atoms with van der Waals surface area (Å²) in [6, 6.07) is 3.32. The Morgan fingerprint density at radius 3 is 2.46 bits per heavy atom. The van der Waals surface area contributed by atoms with Crippen molar-refractivity contribution >= 4 is 5.97 Å². The van der Waals surface area contributed by atoms with Crippen molar-refractivity contribution in [2.75, 3.05) is 0 Å². The summed E-state index contributed by atoms with van der Waals surface area (Å²) in [4.78, 5) is 11.5. The molecule has 2 N–H and O–H groups in total. The van der Waals surface area contributed by atoms with Crippen LogP contribution in [0.5, 0.6) is 5.75 Å². The minimum absolute atomic E-state index is 0.241. The van der Waals surface area contributed by atoms with Crippen LogP contribution in [-0.4, -0.2) is 27.9 Å². The molecule has 0 aromatic heterocycles. The molecule has 0 spiro atoms. The summed E-state index contributed by atoms with van der Waals surface area (Å²) in [6.07, 6.45) is 6.12. The molecule has 142 valence electrons. The Kier molecular flexibility index (Phi) is 6.30. The van der Waals surface area contributed by atoms with E-state index in [9.17, 15) is 15.0 Å². The van der Waals surface area contributed by atoms with E-state index in [4.69, 9.17) is 4.74 Å². The van der Waals surface area contributed by atoms with Crippen LogP contribution >= 0.6 is 0 Å². The van der Waals surface area contributed by atoms with Gasteiger partial charge in [-0.15, -0.1) is 0 Å². The van der Waals surface area contributed by atoms with Gasteiger partial charge in [0.15, 0.2) is 0 Å². The van der Waals surface area contributed by atoms with Crippen LogP contribution in [0.25, 0.3) is 0 Å². The van der Waals surface area contributed by atoms with Gasteiger partial charge in [0.05, 0.1) is 11.7 Å². The Labute approximate surface area is 156 Å². The third-order valence-electron chi connectivity index (χ3n) is 4.87. The first kappa shape index (κ1) is 20.2. The van der Waals surface area contributed by atoms with Crippen LogP contribution < -0.4 is 4.74 Å². The van der Waals surface area contributed by atoms with Gasteiger partial charge >= 0.3 is 5.97 Å². The second kappa shape index (κ2) is 8.09. The molecule has 4 nitrogen and oxygen atoms in total. The molecule has 0 saturated heterocycles. The number of carboxylic acids is 1. The number of hydrogen-bond acceptors (Lipinski definition) is 3. The van der Waals surface area contributed by atoms with Crippen molar-refractivity contribution in [2.24, 2.45) is 0 Å². The van der Waals surface area contributed by atoms with E-state index in [1.807, 2.05) is 20.8 Å². The lowest BCUT2D eigenvalue weighted by molar-refractivity contribution is -0.0592. The van der Waals surface area contributed by atoms with Gasteiger partial charge in [0.2, 0.25) is 0 Å². The highest BCUT2D eigenvalue weighted by atomic mass is 16.5. The number of aliphatic hydroxyl groups excluding tert-OH is 1. The molecule has 0 amide bonds. The van der Waals surface area contributed by atoms with E-state index in [0.717, 1.165) is 23.3 Å². The monoisotopic (exact) mass is 358 g/mol. The predicted octanol–water partition coefficient (Wildman–Crippen LogP) is 4.69. The second-order valence-corrected chi connectivity index (χ2v) is 7.87. The summed E-state index contributed by atoms with van der Waals surface area (Å²) in [5.41, 5.74) is 3.61. The zero-order valence-corrected chi connectivity index (χ0v) is 16.4. The molecule has 0 aliphatic carbocycles. The number of carboxylic acid groups (broad SMARTS) is 1. The van der Waals surface area contributed by atoms with Crippen molar-refractivity contribution in [2.45, 2.75) is 72.0 Å². The molecule has 26 heavy (non-hydrogen) atoms. The number of aromatic carboxylic acids is 1. The zero-order valence-electron chi connectivity index (χ0n) is 16.4. The number of aliphatic hydroxyl groups is 1. The molecule has 1 aliphatic heterocycles. The van der Waals surface area contributed by atoms with Gasteiger partial charge in [-0.2, -0.15) is 0 Å². The topological polar surface area (TPSA) is 66.8 Å². The van der Waals surface area contributed by atoms with Crippen molar-refractivity contribution in [1.29, 1.82) is 0 Å². The molecule has 1 aliphatic rings. The summed E-state index contributed by atoms with van der Waals surface area (Å²) in [5.74, 6) is -0.227. The zero-order chi connectivity index (χ0) is 19.5. The van der Waals surface area contributed by atoms with Crippen LogP contribution in [0.1, 0.15) is 68.9 Å². The third kappa shape index (κ3) is 4.76. The first-order valence-corrected chi connectivity index (χ1v) is 9.15. The van der Waals surface area contributed by atoms with Crippen LogP contribution in [-0.2, 0) is 12.8 Å². The number of rotatable bonds is 6. The molecule has 2 rings (SSSR count). The molecule has 0 fully saturated rings. The van der Waals surface area contributed by atoms with Crippen molar-refractivity contribution in [3.05, 3.63) is 52.1 Å². The van der Waals surface area contributed by atoms with Gasteiger partial charge in [0.25, 0.3) is 0 Å². The smallest absolute Gasteiger partial charge is 0.335 e. The SMILES string of the molecule is CC(C)=CCC[C@]1(C)Oc2c(CC=C(C)C)cc(C(=O)O)cc2C[C@@H]1O. The molecule has 2 atom stereocenters. The Morgan fingerprint density at radius 2 is 1.88 bits per heavy atom. The summed E-state index contributed by atoms with van der Waals surface area (Å²) < 4.78 is 6.31. The van der Waals surface area contributed by atoms with Crippen LogP contribution in [0.2, 0.25) is 0 Å². The van der Waals surface area contributed by atoms with Gasteiger partial charge in [-0.1, -0.05) is 23.3 Å². The van der Waals surface area contributed by atoms with Crippen LogP contribution in [0.3, 0.4) is 0 Å². The summed E-state index contributed by atoms with van der Waals surface area (Å²) in [5, 5.41) is 20.1. The van der Waals surface area contributed by atoms with Crippen LogP contribution in [0, 0.1) is 0 Å². The Balaban J connectivity index is 2.41. The number of ether oxygens (including phenoxy) is 1. The van der Waals surface area contributed by atoms with Gasteiger partial charge in [-0.25, -0.2) is 4.79 Å². The molecule has 1 heterocycles. The lowest BCUT2D eigenvalue weighted by Crippen LogP contribution is -2.49. The maximum atomic E-state index is 11.5. The fourth-order valence-electron chi connectivity index (χ4n) is 3.22. The molecule has 0 saturated carbocycles. The van der Waals surface area contributed by atoms with Gasteiger partial charge in [-0.05, 0) is 77.1 Å². The van der Waals surface area contributed by atoms with Gasteiger partial charge in [-0.3, -0.25) is 0 Å². The van der Waals surface area contributed by atoms with Crippen molar-refractivity contribution in [1.82, 2.24) is 0 Å². The third-order valence-corrected chi connectivity index (χ3v) is 4.87. The molecule has 0 radical (unpaired) electrons. The lowest BCUT2D eigenvalue weighted by Gasteiger charge is -2.41. The Hall–Kier alpha value is -2.07. The van der Waals surface area contributed by atoms with Crippen molar-refractivity contribution in [3.8, 4) is 5.75 Å². The van der Waals surface area contributed by atoms with E-state index in [-0.39, 0.29) is 5.56 Å². The normalized spacial score (nSPS) is 21.4. The van der Waals surface area contributed by atoms with Gasteiger partial charge < -0.3 is 14.9 Å². The minimum Gasteiger partial charge on any atom is -0.484 e. The highest BCUT2D eigenvalue weighted by Gasteiger charge is 2.40. The van der Waals surface area contributed by atoms with E-state index in [2.05, 4.69) is 26.0 Å². The maximum Gasteiger partial charge on any atom is 0.335 e. The minimum atomic E-state index is -0.961. The Bertz CT molecular complexity index is 737. The molecular formula is C22H30O4. The largest absolute Gasteiger partial charge is 0.484 e. The predicted molar refractivity (Wildman–Crippen MR) is 104 cm³/mol. The molecule has 1 aromatic rings. The molecule has 1 aromatic carbocycles. The number of fused-ring (bicyclic) bond motifs is 1. The van der Waals surface area contributed by atoms with Crippen molar-refractivity contribution in [3.63, 3.8) is 0 Å². The number of allylic oxidation sites excluding steroid dienone is 4. The number of hydrogen-bond donors (Lipinski definition) is 2.